The molecule has 23 heavy (non-hydrogen) atoms. The Balaban J connectivity index is 2.15. The molecule has 0 aromatic heterocycles. The van der Waals surface area contributed by atoms with E-state index in [-0.39, 0.29) is 5.84 Å². The molecular formula is C16H15IN2O4. The van der Waals surface area contributed by atoms with E-state index >= 15 is 0 Å². The molecule has 0 aliphatic rings. The fourth-order valence-electron chi connectivity index (χ4n) is 1.81. The van der Waals surface area contributed by atoms with Crippen LogP contribution < -0.4 is 15.2 Å². The largest absolute Gasteiger partial charge is 0.493 e. The van der Waals surface area contributed by atoms with Gasteiger partial charge in [-0.1, -0.05) is 11.2 Å². The molecule has 0 saturated heterocycles. The van der Waals surface area contributed by atoms with Crippen molar-refractivity contribution in [2.45, 2.75) is 0 Å². The average Bonchev–Trinajstić information content (AvgIpc) is 2.58. The van der Waals surface area contributed by atoms with Gasteiger partial charge in [0.05, 0.1) is 19.8 Å². The van der Waals surface area contributed by atoms with Crippen LogP contribution in [0.25, 0.3) is 0 Å². The molecule has 6 nitrogen and oxygen atoms in total. The third kappa shape index (κ3) is 4.35. The van der Waals surface area contributed by atoms with E-state index in [9.17, 15) is 4.79 Å². The molecule has 2 aromatic carbocycles. The Morgan fingerprint density at radius 1 is 1.04 bits per heavy atom. The Bertz CT molecular complexity index is 747. The van der Waals surface area contributed by atoms with E-state index in [2.05, 4.69) is 27.7 Å². The van der Waals surface area contributed by atoms with E-state index in [1.54, 1.807) is 36.4 Å². The maximum Gasteiger partial charge on any atom is 0.365 e. The van der Waals surface area contributed by atoms with Crippen LogP contribution in [0.1, 0.15) is 15.9 Å². The van der Waals surface area contributed by atoms with Crippen molar-refractivity contribution < 1.29 is 19.1 Å². The number of ether oxygens (including phenoxy) is 2. The van der Waals surface area contributed by atoms with Crippen LogP contribution in [-0.2, 0) is 4.84 Å². The number of hydrogen-bond acceptors (Lipinski definition) is 5. The lowest BCUT2D eigenvalue weighted by atomic mass is 10.2. The third-order valence-electron chi connectivity index (χ3n) is 2.97. The van der Waals surface area contributed by atoms with Gasteiger partial charge in [0.25, 0.3) is 0 Å². The number of amidine groups is 1. The minimum Gasteiger partial charge on any atom is -0.493 e. The normalized spacial score (nSPS) is 11.0. The average molecular weight is 426 g/mol. The highest BCUT2D eigenvalue weighted by Crippen LogP contribution is 2.27. The molecule has 0 aliphatic carbocycles. The summed E-state index contributed by atoms with van der Waals surface area (Å²) in [6.45, 7) is 0. The SMILES string of the molecule is COc1ccc(/C(N)=N/OC(=O)c2cccc(I)c2)cc1OC. The lowest BCUT2D eigenvalue weighted by Crippen LogP contribution is -2.15. The molecule has 0 radical (unpaired) electrons. The van der Waals surface area contributed by atoms with Crippen molar-refractivity contribution in [3.63, 3.8) is 0 Å². The molecule has 0 spiro atoms. The zero-order valence-electron chi connectivity index (χ0n) is 12.6. The van der Waals surface area contributed by atoms with Crippen molar-refractivity contribution in [3.05, 3.63) is 57.2 Å². The van der Waals surface area contributed by atoms with Crippen molar-refractivity contribution in [1.29, 1.82) is 0 Å². The highest BCUT2D eigenvalue weighted by Gasteiger charge is 2.10. The highest BCUT2D eigenvalue weighted by atomic mass is 127. The number of carbonyl (C=O) groups excluding carboxylic acids is 1. The summed E-state index contributed by atoms with van der Waals surface area (Å²) < 4.78 is 11.3. The number of methoxy groups -OCH3 is 2. The summed E-state index contributed by atoms with van der Waals surface area (Å²) in [5, 5.41) is 3.68. The minimum atomic E-state index is -0.577. The van der Waals surface area contributed by atoms with Gasteiger partial charge in [-0.05, 0) is 59.0 Å². The van der Waals surface area contributed by atoms with Crippen LogP contribution in [0.15, 0.2) is 47.6 Å². The van der Waals surface area contributed by atoms with Crippen LogP contribution in [0, 0.1) is 3.57 Å². The second-order valence-corrected chi connectivity index (χ2v) is 5.68. The van der Waals surface area contributed by atoms with Gasteiger partial charge in [-0.15, -0.1) is 0 Å². The molecule has 0 unspecified atom stereocenters. The fourth-order valence-corrected chi connectivity index (χ4v) is 2.35. The molecule has 0 heterocycles. The first-order valence-electron chi connectivity index (χ1n) is 6.58. The van der Waals surface area contributed by atoms with Gasteiger partial charge in [-0.3, -0.25) is 0 Å². The molecule has 2 rings (SSSR count). The zero-order chi connectivity index (χ0) is 16.8. The van der Waals surface area contributed by atoms with Gasteiger partial charge >= 0.3 is 5.97 Å². The number of benzene rings is 2. The smallest absolute Gasteiger partial charge is 0.365 e. The van der Waals surface area contributed by atoms with Crippen molar-refractivity contribution in [2.24, 2.45) is 10.9 Å². The Morgan fingerprint density at radius 3 is 2.43 bits per heavy atom. The first kappa shape index (κ1) is 17.1. The summed E-state index contributed by atoms with van der Waals surface area (Å²) in [4.78, 5) is 16.8. The summed E-state index contributed by atoms with van der Waals surface area (Å²) in [6.07, 6.45) is 0. The summed E-state index contributed by atoms with van der Waals surface area (Å²) >= 11 is 2.11. The van der Waals surface area contributed by atoms with E-state index in [1.807, 2.05) is 6.07 Å². The molecule has 7 heteroatoms. The molecular weight excluding hydrogens is 411 g/mol. The van der Waals surface area contributed by atoms with Gasteiger partial charge in [0.15, 0.2) is 17.3 Å². The number of nitrogens with zero attached hydrogens (tertiary/aromatic N) is 1. The Kier molecular flexibility index (Phi) is 5.80. The number of oxime groups is 1. The lowest BCUT2D eigenvalue weighted by molar-refractivity contribution is 0.0516. The van der Waals surface area contributed by atoms with E-state index in [4.69, 9.17) is 20.0 Å². The van der Waals surface area contributed by atoms with Crippen LogP contribution in [0.4, 0.5) is 0 Å². The molecule has 0 aliphatic heterocycles. The molecule has 0 saturated carbocycles. The molecule has 0 fully saturated rings. The van der Waals surface area contributed by atoms with Gasteiger partial charge in [0, 0.05) is 9.13 Å². The topological polar surface area (TPSA) is 83.1 Å². The molecule has 0 atom stereocenters. The maximum absolute atomic E-state index is 11.9. The number of hydrogen-bond donors (Lipinski definition) is 1. The van der Waals surface area contributed by atoms with Crippen molar-refractivity contribution >= 4 is 34.4 Å². The number of halogens is 1. The van der Waals surface area contributed by atoms with E-state index in [0.29, 0.717) is 22.6 Å². The monoisotopic (exact) mass is 426 g/mol. The number of nitrogens with two attached hydrogens (primary N) is 1. The second kappa shape index (κ2) is 7.82. The minimum absolute atomic E-state index is 0.0601. The summed E-state index contributed by atoms with van der Waals surface area (Å²) in [7, 11) is 3.06. The van der Waals surface area contributed by atoms with Crippen molar-refractivity contribution in [3.8, 4) is 11.5 Å². The predicted octanol–water partition coefficient (Wildman–Crippen LogP) is 2.79. The van der Waals surface area contributed by atoms with Crippen molar-refractivity contribution in [1.82, 2.24) is 0 Å². The van der Waals surface area contributed by atoms with E-state index in [1.165, 1.54) is 14.2 Å². The maximum atomic E-state index is 11.9. The Morgan fingerprint density at radius 2 is 1.78 bits per heavy atom. The second-order valence-electron chi connectivity index (χ2n) is 4.44. The summed E-state index contributed by atoms with van der Waals surface area (Å²) in [5.41, 5.74) is 6.80. The predicted molar refractivity (Wildman–Crippen MR) is 94.8 cm³/mol. The molecule has 0 amide bonds. The molecule has 120 valence electrons. The highest BCUT2D eigenvalue weighted by molar-refractivity contribution is 14.1. The quantitative estimate of drug-likeness (QED) is 0.262. The molecule has 2 N–H and O–H groups in total. The molecule has 2 aromatic rings. The van der Waals surface area contributed by atoms with Gasteiger partial charge in [-0.2, -0.15) is 0 Å². The number of carbonyl (C=O) groups is 1. The van der Waals surface area contributed by atoms with Gasteiger partial charge in [-0.25, -0.2) is 4.79 Å². The lowest BCUT2D eigenvalue weighted by Gasteiger charge is -2.09. The van der Waals surface area contributed by atoms with Crippen LogP contribution in [-0.4, -0.2) is 26.0 Å². The van der Waals surface area contributed by atoms with Crippen LogP contribution >= 0.6 is 22.6 Å². The van der Waals surface area contributed by atoms with E-state index < -0.39 is 5.97 Å². The van der Waals surface area contributed by atoms with E-state index in [0.717, 1.165) is 3.57 Å². The third-order valence-corrected chi connectivity index (χ3v) is 3.64. The summed E-state index contributed by atoms with van der Waals surface area (Å²) in [5.74, 6) is 0.559. The van der Waals surface area contributed by atoms with Gasteiger partial charge in [0.1, 0.15) is 0 Å². The fraction of sp³-hybridized carbons (Fsp3) is 0.125. The van der Waals surface area contributed by atoms with Crippen LogP contribution in [0.2, 0.25) is 0 Å². The molecule has 0 bridgehead atoms. The van der Waals surface area contributed by atoms with Crippen molar-refractivity contribution in [2.75, 3.05) is 14.2 Å². The van der Waals surface area contributed by atoms with Gasteiger partial charge < -0.3 is 20.0 Å². The zero-order valence-corrected chi connectivity index (χ0v) is 14.7. The van der Waals surface area contributed by atoms with Crippen LogP contribution in [0.3, 0.4) is 0 Å². The first-order valence-corrected chi connectivity index (χ1v) is 7.65. The standard InChI is InChI=1S/C16H15IN2O4/c1-21-13-7-6-10(9-14(13)22-2)15(18)19-23-16(20)11-4-3-5-12(17)8-11/h3-9H,1-2H3,(H2,18,19). The first-order chi connectivity index (χ1) is 11.0. The summed E-state index contributed by atoms with van der Waals surface area (Å²) in [6, 6.07) is 12.0. The van der Waals surface area contributed by atoms with Gasteiger partial charge in [0.2, 0.25) is 0 Å². The van der Waals surface area contributed by atoms with Crippen LogP contribution in [0.5, 0.6) is 11.5 Å². The Hall–Kier alpha value is -2.29. The number of rotatable bonds is 5. The Labute approximate surface area is 147 Å².